The number of halogens is 3. The van der Waals surface area contributed by atoms with Crippen molar-refractivity contribution < 1.29 is 27.4 Å². The number of amides is 1. The predicted molar refractivity (Wildman–Crippen MR) is 75.2 cm³/mol. The van der Waals surface area contributed by atoms with Crippen molar-refractivity contribution in [2.24, 2.45) is 0 Å². The molecule has 0 radical (unpaired) electrons. The van der Waals surface area contributed by atoms with Crippen LogP contribution in [0.25, 0.3) is 0 Å². The SMILES string of the molecule is CN(Cc1cc(N)ccc1OC(F)(F)F)C(=O)OC(C)(C)C. The minimum Gasteiger partial charge on any atom is -0.444 e. The summed E-state index contributed by atoms with van der Waals surface area (Å²) in [6.07, 6.45) is -5.48. The lowest BCUT2D eigenvalue weighted by atomic mass is 10.1. The maximum Gasteiger partial charge on any atom is 0.573 e. The molecule has 0 bridgehead atoms. The van der Waals surface area contributed by atoms with Gasteiger partial charge in [0, 0.05) is 18.3 Å². The summed E-state index contributed by atoms with van der Waals surface area (Å²) < 4.78 is 46.2. The van der Waals surface area contributed by atoms with Gasteiger partial charge in [-0.15, -0.1) is 13.2 Å². The van der Waals surface area contributed by atoms with Gasteiger partial charge >= 0.3 is 12.5 Å². The molecule has 2 N–H and O–H groups in total. The fourth-order valence-electron chi connectivity index (χ4n) is 1.61. The third-order valence-electron chi connectivity index (χ3n) is 2.42. The van der Waals surface area contributed by atoms with E-state index in [1.807, 2.05) is 0 Å². The highest BCUT2D eigenvalue weighted by Crippen LogP contribution is 2.29. The Balaban J connectivity index is 2.92. The number of ether oxygens (including phenoxy) is 2. The molecular weight excluding hydrogens is 301 g/mol. The Bertz CT molecular complexity index is 539. The quantitative estimate of drug-likeness (QED) is 0.865. The van der Waals surface area contributed by atoms with E-state index in [1.165, 1.54) is 19.2 Å². The van der Waals surface area contributed by atoms with Crippen molar-refractivity contribution >= 4 is 11.8 Å². The molecule has 1 rings (SSSR count). The summed E-state index contributed by atoms with van der Waals surface area (Å²) in [5.74, 6) is -0.405. The lowest BCUT2D eigenvalue weighted by Gasteiger charge is -2.25. The van der Waals surface area contributed by atoms with Crippen molar-refractivity contribution in [3.8, 4) is 5.75 Å². The highest BCUT2D eigenvalue weighted by molar-refractivity contribution is 5.68. The van der Waals surface area contributed by atoms with Gasteiger partial charge in [-0.25, -0.2) is 4.79 Å². The van der Waals surface area contributed by atoms with Crippen molar-refractivity contribution in [1.82, 2.24) is 4.90 Å². The van der Waals surface area contributed by atoms with Gasteiger partial charge in [0.2, 0.25) is 0 Å². The second kappa shape index (κ2) is 6.33. The molecule has 0 heterocycles. The van der Waals surface area contributed by atoms with Crippen LogP contribution in [-0.2, 0) is 11.3 Å². The fourth-order valence-corrected chi connectivity index (χ4v) is 1.61. The van der Waals surface area contributed by atoms with Crippen LogP contribution in [0.15, 0.2) is 18.2 Å². The average molecular weight is 320 g/mol. The maximum absolute atomic E-state index is 12.4. The minimum atomic E-state index is -4.82. The molecule has 124 valence electrons. The van der Waals surface area contributed by atoms with Crippen LogP contribution in [0.4, 0.5) is 23.7 Å². The molecule has 0 spiro atoms. The average Bonchev–Trinajstić information content (AvgIpc) is 2.28. The van der Waals surface area contributed by atoms with Gasteiger partial charge in [0.1, 0.15) is 11.4 Å². The first kappa shape index (κ1) is 17.9. The highest BCUT2D eigenvalue weighted by Gasteiger charge is 2.32. The summed E-state index contributed by atoms with van der Waals surface area (Å²) in [6.45, 7) is 4.94. The van der Waals surface area contributed by atoms with Crippen LogP contribution >= 0.6 is 0 Å². The van der Waals surface area contributed by atoms with E-state index in [-0.39, 0.29) is 17.8 Å². The Labute approximate surface area is 126 Å². The third-order valence-corrected chi connectivity index (χ3v) is 2.42. The zero-order valence-electron chi connectivity index (χ0n) is 12.8. The Kier molecular flexibility index (Phi) is 5.16. The largest absolute Gasteiger partial charge is 0.573 e. The van der Waals surface area contributed by atoms with Crippen LogP contribution < -0.4 is 10.5 Å². The zero-order valence-corrected chi connectivity index (χ0v) is 12.8. The topological polar surface area (TPSA) is 64.8 Å². The van der Waals surface area contributed by atoms with E-state index in [9.17, 15) is 18.0 Å². The van der Waals surface area contributed by atoms with Crippen molar-refractivity contribution in [2.45, 2.75) is 39.3 Å². The summed E-state index contributed by atoms with van der Waals surface area (Å²) in [7, 11) is 1.41. The van der Waals surface area contributed by atoms with Crippen molar-refractivity contribution in [3.05, 3.63) is 23.8 Å². The Morgan fingerprint density at radius 1 is 1.27 bits per heavy atom. The lowest BCUT2D eigenvalue weighted by Crippen LogP contribution is -2.34. The van der Waals surface area contributed by atoms with Crippen LogP contribution in [0.2, 0.25) is 0 Å². The normalized spacial score (nSPS) is 12.0. The number of benzene rings is 1. The fraction of sp³-hybridized carbons (Fsp3) is 0.500. The number of alkyl halides is 3. The summed E-state index contributed by atoms with van der Waals surface area (Å²) in [6, 6.07) is 3.72. The van der Waals surface area contributed by atoms with Crippen LogP contribution in [0.3, 0.4) is 0 Å². The second-order valence-electron chi connectivity index (χ2n) is 5.75. The summed E-state index contributed by atoms with van der Waals surface area (Å²) in [5, 5.41) is 0. The molecule has 8 heteroatoms. The number of nitrogens with zero attached hydrogens (tertiary/aromatic N) is 1. The van der Waals surface area contributed by atoms with Crippen molar-refractivity contribution in [1.29, 1.82) is 0 Å². The lowest BCUT2D eigenvalue weighted by molar-refractivity contribution is -0.274. The molecule has 0 aliphatic rings. The molecular formula is C14H19F3N2O3. The minimum absolute atomic E-state index is 0.130. The van der Waals surface area contributed by atoms with Gasteiger partial charge < -0.3 is 20.1 Å². The van der Waals surface area contributed by atoms with E-state index in [0.29, 0.717) is 0 Å². The first-order valence-corrected chi connectivity index (χ1v) is 6.45. The van der Waals surface area contributed by atoms with E-state index in [1.54, 1.807) is 20.8 Å². The highest BCUT2D eigenvalue weighted by atomic mass is 19.4. The molecule has 0 fully saturated rings. The van der Waals surface area contributed by atoms with Crippen LogP contribution in [0, 0.1) is 0 Å². The first-order valence-electron chi connectivity index (χ1n) is 6.45. The van der Waals surface area contributed by atoms with Crippen LogP contribution in [0.1, 0.15) is 26.3 Å². The van der Waals surface area contributed by atoms with Gasteiger partial charge in [-0.2, -0.15) is 0 Å². The molecule has 0 aliphatic heterocycles. The van der Waals surface area contributed by atoms with Crippen LogP contribution in [0.5, 0.6) is 5.75 Å². The standard InChI is InChI=1S/C14H19F3N2O3/c1-13(2,3)22-12(20)19(4)8-9-7-10(18)5-6-11(9)21-14(15,16)17/h5-7H,8,18H2,1-4H3. The van der Waals surface area contributed by atoms with Gasteiger partial charge in [-0.05, 0) is 39.0 Å². The van der Waals surface area contributed by atoms with E-state index >= 15 is 0 Å². The number of carbonyl (C=O) groups excluding carboxylic acids is 1. The molecule has 22 heavy (non-hydrogen) atoms. The van der Waals surface area contributed by atoms with Gasteiger partial charge in [0.15, 0.2) is 0 Å². The van der Waals surface area contributed by atoms with Gasteiger partial charge in [0.25, 0.3) is 0 Å². The number of anilines is 1. The Hall–Kier alpha value is -2.12. The van der Waals surface area contributed by atoms with E-state index in [4.69, 9.17) is 10.5 Å². The van der Waals surface area contributed by atoms with Gasteiger partial charge in [-0.1, -0.05) is 0 Å². The summed E-state index contributed by atoms with van der Waals surface area (Å²) in [4.78, 5) is 13.0. The number of rotatable bonds is 3. The number of nitrogen functional groups attached to an aromatic ring is 1. The number of hydrogen-bond acceptors (Lipinski definition) is 4. The smallest absolute Gasteiger partial charge is 0.444 e. The Morgan fingerprint density at radius 2 is 1.86 bits per heavy atom. The van der Waals surface area contributed by atoms with E-state index in [0.717, 1.165) is 11.0 Å². The first-order chi connectivity index (χ1) is 9.87. The maximum atomic E-state index is 12.4. The third kappa shape index (κ3) is 6.11. The van der Waals surface area contributed by atoms with E-state index in [2.05, 4.69) is 4.74 Å². The predicted octanol–water partition coefficient (Wildman–Crippen LogP) is 3.53. The van der Waals surface area contributed by atoms with Crippen molar-refractivity contribution in [2.75, 3.05) is 12.8 Å². The molecule has 1 aromatic carbocycles. The molecule has 0 unspecified atom stereocenters. The van der Waals surface area contributed by atoms with Crippen LogP contribution in [-0.4, -0.2) is 30.0 Å². The number of hydrogen-bond donors (Lipinski definition) is 1. The summed E-state index contributed by atoms with van der Waals surface area (Å²) in [5.41, 5.74) is 5.27. The second-order valence-corrected chi connectivity index (χ2v) is 5.75. The summed E-state index contributed by atoms with van der Waals surface area (Å²) >= 11 is 0. The molecule has 1 aromatic rings. The molecule has 1 amide bonds. The van der Waals surface area contributed by atoms with E-state index < -0.39 is 23.8 Å². The van der Waals surface area contributed by atoms with Crippen molar-refractivity contribution in [3.63, 3.8) is 0 Å². The molecule has 5 nitrogen and oxygen atoms in total. The molecule has 0 saturated carbocycles. The number of carbonyl (C=O) groups is 1. The Morgan fingerprint density at radius 3 is 2.36 bits per heavy atom. The number of nitrogens with two attached hydrogens (primary N) is 1. The zero-order chi connectivity index (χ0) is 17.1. The molecule has 0 aliphatic carbocycles. The molecule has 0 aromatic heterocycles. The molecule has 0 saturated heterocycles. The monoisotopic (exact) mass is 320 g/mol. The van der Waals surface area contributed by atoms with Gasteiger partial charge in [0.05, 0.1) is 6.54 Å². The molecule has 0 atom stereocenters. The van der Waals surface area contributed by atoms with Gasteiger partial charge in [-0.3, -0.25) is 0 Å².